The maximum Gasteiger partial charge on any atom is 0.0962 e. The van der Waals surface area contributed by atoms with Gasteiger partial charge < -0.3 is 15.8 Å². The van der Waals surface area contributed by atoms with Gasteiger partial charge in [0.1, 0.15) is 0 Å². The zero-order chi connectivity index (χ0) is 12.1. The van der Waals surface area contributed by atoms with E-state index in [-0.39, 0.29) is 0 Å². The molecule has 0 saturated carbocycles. The number of hydrogen-bond donors (Lipinski definition) is 2. The number of aromatic nitrogens is 3. The van der Waals surface area contributed by atoms with Gasteiger partial charge >= 0.3 is 0 Å². The normalized spacial score (nSPS) is 24.4. The van der Waals surface area contributed by atoms with E-state index >= 15 is 0 Å². The Balaban J connectivity index is 1.62. The van der Waals surface area contributed by atoms with Crippen molar-refractivity contribution in [3.05, 3.63) is 11.9 Å². The summed E-state index contributed by atoms with van der Waals surface area (Å²) in [6.45, 7) is 6.23. The number of nitrogens with one attached hydrogen (secondary N) is 1. The molecule has 2 rings (SSSR count). The van der Waals surface area contributed by atoms with E-state index in [1.807, 2.05) is 10.9 Å². The lowest BCUT2D eigenvalue weighted by Crippen LogP contribution is -2.29. The topological polar surface area (TPSA) is 78.0 Å². The molecule has 1 fully saturated rings. The summed E-state index contributed by atoms with van der Waals surface area (Å²) in [7, 11) is 0. The molecule has 1 saturated heterocycles. The summed E-state index contributed by atoms with van der Waals surface area (Å²) in [4.78, 5) is 0. The first-order valence-corrected chi connectivity index (χ1v) is 6.21. The quantitative estimate of drug-likeness (QED) is 0.669. The van der Waals surface area contributed by atoms with E-state index in [0.29, 0.717) is 18.6 Å². The van der Waals surface area contributed by atoms with Crippen molar-refractivity contribution in [2.75, 3.05) is 19.7 Å². The molecule has 2 unspecified atom stereocenters. The molecule has 1 aromatic heterocycles. The smallest absolute Gasteiger partial charge is 0.0962 e. The van der Waals surface area contributed by atoms with Crippen LogP contribution >= 0.6 is 0 Å². The Morgan fingerprint density at radius 3 is 3.18 bits per heavy atom. The molecule has 0 aliphatic carbocycles. The van der Waals surface area contributed by atoms with Crippen LogP contribution in [0.15, 0.2) is 6.20 Å². The fourth-order valence-corrected chi connectivity index (χ4v) is 2.07. The molecular weight excluding hydrogens is 218 g/mol. The van der Waals surface area contributed by atoms with Gasteiger partial charge in [0.2, 0.25) is 0 Å². The van der Waals surface area contributed by atoms with Crippen molar-refractivity contribution in [2.45, 2.75) is 32.5 Å². The molecule has 6 heteroatoms. The predicted octanol–water partition coefficient (Wildman–Crippen LogP) is -0.249. The first-order chi connectivity index (χ1) is 8.29. The minimum Gasteiger partial charge on any atom is -0.378 e. The van der Waals surface area contributed by atoms with Gasteiger partial charge in [0.05, 0.1) is 18.3 Å². The minimum absolute atomic E-state index is 0.387. The SMILES string of the molecule is CC1OCCC1CNCCn1cc(CN)nn1. The van der Waals surface area contributed by atoms with Gasteiger partial charge in [-0.05, 0) is 19.3 Å². The van der Waals surface area contributed by atoms with Crippen LogP contribution < -0.4 is 11.1 Å². The van der Waals surface area contributed by atoms with E-state index in [9.17, 15) is 0 Å². The van der Waals surface area contributed by atoms with Crippen LogP contribution in [-0.4, -0.2) is 40.8 Å². The molecule has 1 aliphatic rings. The highest BCUT2D eigenvalue weighted by molar-refractivity contribution is 4.90. The van der Waals surface area contributed by atoms with Gasteiger partial charge in [0, 0.05) is 32.4 Å². The van der Waals surface area contributed by atoms with Gasteiger partial charge in [-0.25, -0.2) is 0 Å². The lowest BCUT2D eigenvalue weighted by molar-refractivity contribution is 0.105. The molecule has 96 valence electrons. The Kier molecular flexibility index (Phi) is 4.47. The molecule has 2 atom stereocenters. The van der Waals surface area contributed by atoms with E-state index in [0.717, 1.165) is 38.4 Å². The van der Waals surface area contributed by atoms with Gasteiger partial charge in [-0.2, -0.15) is 0 Å². The number of hydrogen-bond acceptors (Lipinski definition) is 5. The summed E-state index contributed by atoms with van der Waals surface area (Å²) in [5.41, 5.74) is 6.31. The molecule has 0 amide bonds. The maximum absolute atomic E-state index is 5.52. The zero-order valence-corrected chi connectivity index (χ0v) is 10.3. The lowest BCUT2D eigenvalue weighted by atomic mass is 10.0. The summed E-state index contributed by atoms with van der Waals surface area (Å²) < 4.78 is 7.34. The second kappa shape index (κ2) is 6.09. The van der Waals surface area contributed by atoms with Crippen molar-refractivity contribution in [3.8, 4) is 0 Å². The number of rotatable bonds is 6. The fraction of sp³-hybridized carbons (Fsp3) is 0.818. The van der Waals surface area contributed by atoms with Crippen LogP contribution in [0.3, 0.4) is 0 Å². The monoisotopic (exact) mass is 239 g/mol. The van der Waals surface area contributed by atoms with Crippen LogP contribution in [-0.2, 0) is 17.8 Å². The fourth-order valence-electron chi connectivity index (χ4n) is 2.07. The highest BCUT2D eigenvalue weighted by Crippen LogP contribution is 2.18. The van der Waals surface area contributed by atoms with E-state index in [2.05, 4.69) is 22.6 Å². The van der Waals surface area contributed by atoms with Gasteiger partial charge in [-0.15, -0.1) is 5.10 Å². The molecule has 1 aromatic rings. The third kappa shape index (κ3) is 3.49. The Labute approximate surface area is 102 Å². The minimum atomic E-state index is 0.387. The Bertz CT molecular complexity index is 340. The third-order valence-corrected chi connectivity index (χ3v) is 3.25. The van der Waals surface area contributed by atoms with E-state index < -0.39 is 0 Å². The van der Waals surface area contributed by atoms with Gasteiger partial charge in [-0.1, -0.05) is 5.21 Å². The number of ether oxygens (including phenoxy) is 1. The van der Waals surface area contributed by atoms with Gasteiger partial charge in [-0.3, -0.25) is 4.68 Å². The van der Waals surface area contributed by atoms with Crippen molar-refractivity contribution in [3.63, 3.8) is 0 Å². The summed E-state index contributed by atoms with van der Waals surface area (Å²) in [5.74, 6) is 0.644. The third-order valence-electron chi connectivity index (χ3n) is 3.25. The molecule has 0 spiro atoms. The lowest BCUT2D eigenvalue weighted by Gasteiger charge is -2.14. The van der Waals surface area contributed by atoms with Crippen molar-refractivity contribution < 1.29 is 4.74 Å². The standard InChI is InChI=1S/C11H21N5O/c1-9-10(2-5-17-9)7-13-3-4-16-8-11(6-12)14-15-16/h8-10,13H,2-7,12H2,1H3. The average molecular weight is 239 g/mol. The molecule has 17 heavy (non-hydrogen) atoms. The highest BCUT2D eigenvalue weighted by atomic mass is 16.5. The molecule has 0 radical (unpaired) electrons. The van der Waals surface area contributed by atoms with Crippen molar-refractivity contribution >= 4 is 0 Å². The second-order valence-electron chi connectivity index (χ2n) is 4.51. The van der Waals surface area contributed by atoms with Crippen LogP contribution in [0.2, 0.25) is 0 Å². The van der Waals surface area contributed by atoms with Crippen LogP contribution in [0.4, 0.5) is 0 Å². The average Bonchev–Trinajstić information content (AvgIpc) is 2.94. The van der Waals surface area contributed by atoms with E-state index in [4.69, 9.17) is 10.5 Å². The first kappa shape index (κ1) is 12.5. The molecule has 2 heterocycles. The van der Waals surface area contributed by atoms with Crippen LogP contribution in [0.25, 0.3) is 0 Å². The van der Waals surface area contributed by atoms with Gasteiger partial charge in [0.25, 0.3) is 0 Å². The van der Waals surface area contributed by atoms with Crippen LogP contribution in [0.5, 0.6) is 0 Å². The second-order valence-corrected chi connectivity index (χ2v) is 4.51. The highest BCUT2D eigenvalue weighted by Gasteiger charge is 2.23. The summed E-state index contributed by atoms with van der Waals surface area (Å²) in [5, 5.41) is 11.4. The summed E-state index contributed by atoms with van der Waals surface area (Å²) in [6.07, 6.45) is 3.44. The molecule has 0 aromatic carbocycles. The first-order valence-electron chi connectivity index (χ1n) is 6.21. The largest absolute Gasteiger partial charge is 0.378 e. The predicted molar refractivity (Wildman–Crippen MR) is 64.3 cm³/mol. The molecule has 0 bridgehead atoms. The van der Waals surface area contributed by atoms with E-state index in [1.165, 1.54) is 0 Å². The molecular formula is C11H21N5O. The van der Waals surface area contributed by atoms with Crippen LogP contribution in [0.1, 0.15) is 19.0 Å². The molecule has 3 N–H and O–H groups in total. The van der Waals surface area contributed by atoms with E-state index in [1.54, 1.807) is 0 Å². The van der Waals surface area contributed by atoms with Gasteiger partial charge in [0.15, 0.2) is 0 Å². The van der Waals surface area contributed by atoms with Crippen molar-refractivity contribution in [2.24, 2.45) is 11.7 Å². The Morgan fingerprint density at radius 1 is 1.65 bits per heavy atom. The van der Waals surface area contributed by atoms with Crippen LogP contribution in [0, 0.1) is 5.92 Å². The zero-order valence-electron chi connectivity index (χ0n) is 10.3. The number of nitrogens with two attached hydrogens (primary N) is 1. The summed E-state index contributed by atoms with van der Waals surface area (Å²) >= 11 is 0. The molecule has 6 nitrogen and oxygen atoms in total. The number of nitrogens with zero attached hydrogens (tertiary/aromatic N) is 3. The maximum atomic E-state index is 5.52. The van der Waals surface area contributed by atoms with Crippen molar-refractivity contribution in [1.82, 2.24) is 20.3 Å². The Morgan fingerprint density at radius 2 is 2.53 bits per heavy atom. The van der Waals surface area contributed by atoms with Crippen molar-refractivity contribution in [1.29, 1.82) is 0 Å². The molecule has 1 aliphatic heterocycles. The Hall–Kier alpha value is -0.980. The summed E-state index contributed by atoms with van der Waals surface area (Å²) in [6, 6.07) is 0.